The van der Waals surface area contributed by atoms with E-state index in [1.54, 1.807) is 0 Å². The second-order valence-corrected chi connectivity index (χ2v) is 1.62. The van der Waals surface area contributed by atoms with Gasteiger partial charge < -0.3 is 10.2 Å². The molecule has 9 heavy (non-hydrogen) atoms. The monoisotopic (exact) mass is 136 g/mol. The number of aliphatic hydroxyl groups is 2. The fourth-order valence-electron chi connectivity index (χ4n) is 0.387. The maximum absolute atomic E-state index is 8.24. The van der Waals surface area contributed by atoms with Gasteiger partial charge in [-0.2, -0.15) is 0 Å². The lowest BCUT2D eigenvalue weighted by Crippen LogP contribution is -2.02. The minimum absolute atomic E-state index is 0.510. The van der Waals surface area contributed by atoms with Crippen LogP contribution in [0.1, 0.15) is 26.2 Å². The van der Waals surface area contributed by atoms with Gasteiger partial charge in [-0.15, -0.1) is 0 Å². The van der Waals surface area contributed by atoms with Crippen LogP contribution >= 0.6 is 0 Å². The van der Waals surface area contributed by atoms with E-state index in [0.717, 1.165) is 12.8 Å². The maximum Gasteiger partial charge on any atom is 0.151 e. The van der Waals surface area contributed by atoms with Crippen LogP contribution in [0.5, 0.6) is 0 Å². The molecule has 0 saturated carbocycles. The molecule has 0 aliphatic heterocycles. The highest BCUT2D eigenvalue weighted by molar-refractivity contribution is 4.36. The molecule has 4 nitrogen and oxygen atoms in total. The average Bonchev–Trinajstić information content (AvgIpc) is 1.88. The number of unbranched alkanes of at least 4 members (excludes halogenated alkanes) is 1. The van der Waals surface area contributed by atoms with Crippen LogP contribution in [0, 0.1) is 0 Å². The summed E-state index contributed by atoms with van der Waals surface area (Å²) in [6, 6.07) is 0. The van der Waals surface area contributed by atoms with Crippen LogP contribution in [0.15, 0.2) is 0 Å². The molecule has 0 bridgehead atoms. The van der Waals surface area contributed by atoms with Gasteiger partial charge in [-0.1, -0.05) is 13.3 Å². The molecule has 0 unspecified atom stereocenters. The highest BCUT2D eigenvalue weighted by atomic mass is 16.5. The minimum Gasteiger partial charge on any atom is -0.368 e. The molecule has 0 heterocycles. The molecule has 0 amide bonds. The SMILES string of the molecule is CCCCC(O)O.NN. The largest absolute Gasteiger partial charge is 0.368 e. The molecule has 0 spiro atoms. The third-order valence-corrected chi connectivity index (χ3v) is 0.816. The Hall–Kier alpha value is -0.160. The van der Waals surface area contributed by atoms with E-state index in [0.29, 0.717) is 6.42 Å². The molecule has 0 atom stereocenters. The van der Waals surface area contributed by atoms with Crippen LogP contribution in [-0.4, -0.2) is 16.5 Å². The van der Waals surface area contributed by atoms with Crippen LogP contribution in [0.4, 0.5) is 0 Å². The van der Waals surface area contributed by atoms with E-state index < -0.39 is 6.29 Å². The summed E-state index contributed by atoms with van der Waals surface area (Å²) in [5.41, 5.74) is 0. The van der Waals surface area contributed by atoms with Crippen molar-refractivity contribution in [2.45, 2.75) is 32.5 Å². The zero-order valence-corrected chi connectivity index (χ0v) is 5.75. The quantitative estimate of drug-likeness (QED) is 0.235. The number of hydrazine groups is 1. The van der Waals surface area contributed by atoms with Crippen molar-refractivity contribution >= 4 is 0 Å². The summed E-state index contributed by atoms with van der Waals surface area (Å²) in [5, 5.41) is 16.5. The summed E-state index contributed by atoms with van der Waals surface area (Å²) in [4.78, 5) is 0. The Labute approximate surface area is 55.4 Å². The van der Waals surface area contributed by atoms with Gasteiger partial charge in [0.1, 0.15) is 0 Å². The lowest BCUT2D eigenvalue weighted by molar-refractivity contribution is -0.0463. The number of rotatable bonds is 3. The van der Waals surface area contributed by atoms with E-state index in [1.165, 1.54) is 0 Å². The van der Waals surface area contributed by atoms with Crippen molar-refractivity contribution in [1.82, 2.24) is 0 Å². The summed E-state index contributed by atoms with van der Waals surface area (Å²) < 4.78 is 0. The van der Waals surface area contributed by atoms with Gasteiger partial charge in [-0.05, 0) is 12.8 Å². The summed E-state index contributed by atoms with van der Waals surface area (Å²) in [6.07, 6.45) is 1.34. The van der Waals surface area contributed by atoms with E-state index in [9.17, 15) is 0 Å². The molecule has 0 aliphatic carbocycles. The Morgan fingerprint density at radius 3 is 1.89 bits per heavy atom. The first-order valence-electron chi connectivity index (χ1n) is 2.97. The normalized spacial score (nSPS) is 8.67. The fraction of sp³-hybridized carbons (Fsp3) is 1.00. The zero-order valence-electron chi connectivity index (χ0n) is 5.75. The topological polar surface area (TPSA) is 92.5 Å². The molecule has 0 aromatic carbocycles. The first-order chi connectivity index (χ1) is 4.27. The van der Waals surface area contributed by atoms with Crippen molar-refractivity contribution < 1.29 is 10.2 Å². The molecule has 58 valence electrons. The van der Waals surface area contributed by atoms with Crippen LogP contribution in [-0.2, 0) is 0 Å². The Balaban J connectivity index is 0. The standard InChI is InChI=1S/C5H12O2.H4N2/c1-2-3-4-5(6)7;1-2/h5-7H,2-4H2,1H3;1-2H2. The van der Waals surface area contributed by atoms with Crippen LogP contribution in [0.2, 0.25) is 0 Å². The van der Waals surface area contributed by atoms with Crippen molar-refractivity contribution in [3.05, 3.63) is 0 Å². The van der Waals surface area contributed by atoms with Gasteiger partial charge in [0.15, 0.2) is 6.29 Å². The average molecular weight is 136 g/mol. The van der Waals surface area contributed by atoms with Gasteiger partial charge in [-0.25, -0.2) is 0 Å². The molecule has 0 aromatic heterocycles. The molecule has 6 N–H and O–H groups in total. The molecule has 0 fully saturated rings. The second-order valence-electron chi connectivity index (χ2n) is 1.62. The lowest BCUT2D eigenvalue weighted by atomic mass is 10.2. The van der Waals surface area contributed by atoms with Crippen LogP contribution < -0.4 is 11.7 Å². The zero-order chi connectivity index (χ0) is 7.70. The molecule has 0 aromatic rings. The van der Waals surface area contributed by atoms with Crippen molar-refractivity contribution in [1.29, 1.82) is 0 Å². The first kappa shape index (κ1) is 11.6. The Kier molecular flexibility index (Phi) is 13.9. The van der Waals surface area contributed by atoms with E-state index in [4.69, 9.17) is 10.2 Å². The Bertz CT molecular complexity index is 41.9. The van der Waals surface area contributed by atoms with Crippen LogP contribution in [0.25, 0.3) is 0 Å². The second kappa shape index (κ2) is 10.8. The van der Waals surface area contributed by atoms with E-state index in [1.807, 2.05) is 6.92 Å². The number of hydrogen-bond donors (Lipinski definition) is 4. The molecule has 0 saturated heterocycles. The van der Waals surface area contributed by atoms with Crippen molar-refractivity contribution in [3.63, 3.8) is 0 Å². The summed E-state index contributed by atoms with van der Waals surface area (Å²) >= 11 is 0. The highest BCUT2D eigenvalue weighted by Crippen LogP contribution is 1.95. The summed E-state index contributed by atoms with van der Waals surface area (Å²) in [5.74, 6) is 8.00. The van der Waals surface area contributed by atoms with Gasteiger partial charge in [0, 0.05) is 0 Å². The summed E-state index contributed by atoms with van der Waals surface area (Å²) in [6.45, 7) is 2.02. The van der Waals surface area contributed by atoms with Crippen molar-refractivity contribution in [2.75, 3.05) is 0 Å². The number of nitrogens with two attached hydrogens (primary N) is 2. The predicted molar refractivity (Wildman–Crippen MR) is 36.1 cm³/mol. The van der Waals surface area contributed by atoms with E-state index in [-0.39, 0.29) is 0 Å². The lowest BCUT2D eigenvalue weighted by Gasteiger charge is -1.97. The Morgan fingerprint density at radius 1 is 1.33 bits per heavy atom. The molecule has 4 heteroatoms. The van der Waals surface area contributed by atoms with E-state index >= 15 is 0 Å². The van der Waals surface area contributed by atoms with Gasteiger partial charge in [0.2, 0.25) is 0 Å². The smallest absolute Gasteiger partial charge is 0.151 e. The van der Waals surface area contributed by atoms with Crippen LogP contribution in [0.3, 0.4) is 0 Å². The van der Waals surface area contributed by atoms with Crippen molar-refractivity contribution in [3.8, 4) is 0 Å². The third-order valence-electron chi connectivity index (χ3n) is 0.816. The van der Waals surface area contributed by atoms with Crippen molar-refractivity contribution in [2.24, 2.45) is 11.7 Å². The minimum atomic E-state index is -1.10. The Morgan fingerprint density at radius 2 is 1.78 bits per heavy atom. The number of aliphatic hydroxyl groups excluding tert-OH is 1. The third kappa shape index (κ3) is 18.1. The molecule has 0 radical (unpaired) electrons. The van der Waals surface area contributed by atoms with Gasteiger partial charge >= 0.3 is 0 Å². The number of hydrogen-bond acceptors (Lipinski definition) is 4. The molecular formula is C5H16N2O2. The van der Waals surface area contributed by atoms with Gasteiger partial charge in [-0.3, -0.25) is 11.7 Å². The predicted octanol–water partition coefficient (Wildman–Crippen LogP) is -0.694. The van der Waals surface area contributed by atoms with Gasteiger partial charge in [0.05, 0.1) is 0 Å². The maximum atomic E-state index is 8.24. The molecule has 0 rings (SSSR count). The van der Waals surface area contributed by atoms with Gasteiger partial charge in [0.25, 0.3) is 0 Å². The summed E-state index contributed by atoms with van der Waals surface area (Å²) in [7, 11) is 0. The van der Waals surface area contributed by atoms with E-state index in [2.05, 4.69) is 11.7 Å². The molecular weight excluding hydrogens is 120 g/mol. The fourth-order valence-corrected chi connectivity index (χ4v) is 0.387. The molecule has 0 aliphatic rings. The highest BCUT2D eigenvalue weighted by Gasteiger charge is 1.92. The first-order valence-corrected chi connectivity index (χ1v) is 2.97.